The molecule has 1 atom stereocenters. The van der Waals surface area contributed by atoms with Gasteiger partial charge < -0.3 is 19.9 Å². The molecule has 0 spiro atoms. The number of aliphatic hydroxyl groups is 1. The Hall–Kier alpha value is -1.75. The highest BCUT2D eigenvalue weighted by molar-refractivity contribution is 5.68. The summed E-state index contributed by atoms with van der Waals surface area (Å²) in [6.45, 7) is -0.143. The Kier molecular flexibility index (Phi) is 4.63. The molecule has 0 heterocycles. The van der Waals surface area contributed by atoms with Crippen molar-refractivity contribution in [3.05, 3.63) is 29.8 Å². The minimum atomic E-state index is -0.484. The molecular weight excluding hydrogens is 246 g/mol. The molecule has 0 aliphatic heterocycles. The van der Waals surface area contributed by atoms with E-state index in [1.807, 2.05) is 24.3 Å². The fraction of sp³-hybridized carbons (Fsp3) is 0.500. The summed E-state index contributed by atoms with van der Waals surface area (Å²) in [6, 6.07) is 7.64. The number of rotatable bonds is 6. The minimum absolute atomic E-state index is 0.0197. The van der Waals surface area contributed by atoms with Crippen LogP contribution >= 0.6 is 0 Å². The molecule has 1 saturated carbocycles. The van der Waals surface area contributed by atoms with Crippen LogP contribution in [0.2, 0.25) is 0 Å². The zero-order valence-corrected chi connectivity index (χ0v) is 11.0. The largest absolute Gasteiger partial charge is 0.497 e. The standard InChI is InChI=1S/C14H19NO4/c1-18-12-6-4-11(5-7-12)13(10-2-3-10)15-14(17)19-9-8-16/h4-7,10,13,16H,2-3,8-9H2,1H3,(H,15,17). The molecule has 1 aliphatic rings. The molecule has 0 radical (unpaired) electrons. The van der Waals surface area contributed by atoms with E-state index in [0.717, 1.165) is 24.2 Å². The molecule has 1 aromatic rings. The van der Waals surface area contributed by atoms with Crippen molar-refractivity contribution in [2.24, 2.45) is 5.92 Å². The second kappa shape index (κ2) is 6.43. The third-order valence-corrected chi connectivity index (χ3v) is 3.17. The highest BCUT2D eigenvalue weighted by Gasteiger charge is 2.33. The van der Waals surface area contributed by atoms with E-state index >= 15 is 0 Å². The van der Waals surface area contributed by atoms with Gasteiger partial charge in [0.1, 0.15) is 12.4 Å². The Balaban J connectivity index is 2.00. The van der Waals surface area contributed by atoms with E-state index in [4.69, 9.17) is 14.6 Å². The quantitative estimate of drug-likeness (QED) is 0.824. The van der Waals surface area contributed by atoms with E-state index in [9.17, 15) is 4.79 Å². The predicted molar refractivity (Wildman–Crippen MR) is 70.0 cm³/mol. The summed E-state index contributed by atoms with van der Waals surface area (Å²) < 4.78 is 9.96. The number of carbonyl (C=O) groups excluding carboxylic acids is 1. The highest BCUT2D eigenvalue weighted by Crippen LogP contribution is 2.41. The number of benzene rings is 1. The molecule has 0 aromatic heterocycles. The summed E-state index contributed by atoms with van der Waals surface area (Å²) in [5, 5.41) is 11.5. The van der Waals surface area contributed by atoms with Crippen molar-refractivity contribution in [2.75, 3.05) is 20.3 Å². The molecule has 1 aliphatic carbocycles. The van der Waals surface area contributed by atoms with Gasteiger partial charge in [-0.2, -0.15) is 0 Å². The van der Waals surface area contributed by atoms with E-state index in [1.165, 1.54) is 0 Å². The van der Waals surface area contributed by atoms with Crippen LogP contribution in [0.15, 0.2) is 24.3 Å². The van der Waals surface area contributed by atoms with Gasteiger partial charge in [-0.3, -0.25) is 0 Å². The van der Waals surface area contributed by atoms with Crippen molar-refractivity contribution >= 4 is 6.09 Å². The van der Waals surface area contributed by atoms with Gasteiger partial charge in [-0.1, -0.05) is 12.1 Å². The molecule has 19 heavy (non-hydrogen) atoms. The van der Waals surface area contributed by atoms with Crippen molar-refractivity contribution in [1.82, 2.24) is 5.32 Å². The Bertz CT molecular complexity index is 414. The maximum absolute atomic E-state index is 11.6. The first kappa shape index (κ1) is 13.7. The van der Waals surface area contributed by atoms with Gasteiger partial charge in [0.15, 0.2) is 0 Å². The van der Waals surface area contributed by atoms with Crippen LogP contribution in [0.4, 0.5) is 4.79 Å². The second-order valence-corrected chi connectivity index (χ2v) is 4.59. The summed E-state index contributed by atoms with van der Waals surface area (Å²) in [4.78, 5) is 11.6. The topological polar surface area (TPSA) is 67.8 Å². The van der Waals surface area contributed by atoms with Gasteiger partial charge in [-0.15, -0.1) is 0 Å². The van der Waals surface area contributed by atoms with Crippen LogP contribution in [-0.4, -0.2) is 31.5 Å². The van der Waals surface area contributed by atoms with Gasteiger partial charge in [-0.25, -0.2) is 4.79 Å². The van der Waals surface area contributed by atoms with Crippen LogP contribution in [0.3, 0.4) is 0 Å². The van der Waals surface area contributed by atoms with E-state index in [0.29, 0.717) is 5.92 Å². The average Bonchev–Trinajstić information content (AvgIpc) is 3.27. The maximum Gasteiger partial charge on any atom is 0.407 e. The van der Waals surface area contributed by atoms with Crippen LogP contribution in [0.1, 0.15) is 24.4 Å². The first-order chi connectivity index (χ1) is 9.24. The molecule has 1 amide bonds. The molecule has 0 saturated heterocycles. The van der Waals surface area contributed by atoms with Gasteiger partial charge in [0.25, 0.3) is 0 Å². The number of hydrogen-bond acceptors (Lipinski definition) is 4. The fourth-order valence-electron chi connectivity index (χ4n) is 2.02. The molecule has 1 unspecified atom stereocenters. The lowest BCUT2D eigenvalue weighted by molar-refractivity contribution is 0.115. The number of methoxy groups -OCH3 is 1. The van der Waals surface area contributed by atoms with Crippen LogP contribution in [0.5, 0.6) is 5.75 Å². The van der Waals surface area contributed by atoms with E-state index < -0.39 is 6.09 Å². The molecule has 104 valence electrons. The summed E-state index contributed by atoms with van der Waals surface area (Å²) in [7, 11) is 1.62. The smallest absolute Gasteiger partial charge is 0.407 e. The zero-order chi connectivity index (χ0) is 13.7. The van der Waals surface area contributed by atoms with Crippen LogP contribution < -0.4 is 10.1 Å². The minimum Gasteiger partial charge on any atom is -0.497 e. The van der Waals surface area contributed by atoms with E-state index in [1.54, 1.807) is 7.11 Å². The number of amides is 1. The van der Waals surface area contributed by atoms with Gasteiger partial charge in [0, 0.05) is 0 Å². The molecule has 1 aromatic carbocycles. The van der Waals surface area contributed by atoms with Crippen LogP contribution in [-0.2, 0) is 4.74 Å². The highest BCUT2D eigenvalue weighted by atomic mass is 16.6. The SMILES string of the molecule is COc1ccc(C(NC(=O)OCCO)C2CC2)cc1. The van der Waals surface area contributed by atoms with Crippen molar-refractivity contribution in [2.45, 2.75) is 18.9 Å². The number of alkyl carbamates (subject to hydrolysis) is 1. The van der Waals surface area contributed by atoms with Gasteiger partial charge in [0.2, 0.25) is 0 Å². The molecule has 1 fully saturated rings. The van der Waals surface area contributed by atoms with Crippen LogP contribution in [0, 0.1) is 5.92 Å². The monoisotopic (exact) mass is 265 g/mol. The van der Waals surface area contributed by atoms with Gasteiger partial charge >= 0.3 is 6.09 Å². The number of hydrogen-bond donors (Lipinski definition) is 2. The summed E-state index contributed by atoms with van der Waals surface area (Å²) in [5.74, 6) is 1.26. The third-order valence-electron chi connectivity index (χ3n) is 3.17. The number of nitrogens with one attached hydrogen (secondary N) is 1. The molecular formula is C14H19NO4. The molecule has 5 heteroatoms. The normalized spacial score (nSPS) is 15.7. The summed E-state index contributed by atoms with van der Waals surface area (Å²) in [6.07, 6.45) is 1.73. The molecule has 2 rings (SSSR count). The second-order valence-electron chi connectivity index (χ2n) is 4.59. The lowest BCUT2D eigenvalue weighted by Crippen LogP contribution is -2.31. The lowest BCUT2D eigenvalue weighted by atomic mass is 10.0. The number of carbonyl (C=O) groups is 1. The van der Waals surface area contributed by atoms with Gasteiger partial charge in [0.05, 0.1) is 19.8 Å². The number of ether oxygens (including phenoxy) is 2. The Morgan fingerprint density at radius 3 is 2.63 bits per heavy atom. The van der Waals surface area contributed by atoms with Crippen molar-refractivity contribution in [3.63, 3.8) is 0 Å². The van der Waals surface area contributed by atoms with Gasteiger partial charge in [-0.05, 0) is 36.5 Å². The number of aliphatic hydroxyl groups excluding tert-OH is 1. The fourth-order valence-corrected chi connectivity index (χ4v) is 2.02. The Morgan fingerprint density at radius 1 is 1.42 bits per heavy atom. The molecule has 5 nitrogen and oxygen atoms in total. The third kappa shape index (κ3) is 3.86. The van der Waals surface area contributed by atoms with Crippen LogP contribution in [0.25, 0.3) is 0 Å². The van der Waals surface area contributed by atoms with E-state index in [-0.39, 0.29) is 19.3 Å². The zero-order valence-electron chi connectivity index (χ0n) is 11.0. The molecule has 0 bridgehead atoms. The van der Waals surface area contributed by atoms with Crippen molar-refractivity contribution in [3.8, 4) is 5.75 Å². The van der Waals surface area contributed by atoms with Crippen molar-refractivity contribution < 1.29 is 19.4 Å². The predicted octanol–water partition coefficient (Wildman–Crippen LogP) is 1.86. The first-order valence-corrected chi connectivity index (χ1v) is 6.42. The Morgan fingerprint density at radius 2 is 2.11 bits per heavy atom. The lowest BCUT2D eigenvalue weighted by Gasteiger charge is -2.18. The molecule has 2 N–H and O–H groups in total. The average molecular weight is 265 g/mol. The summed E-state index contributed by atoms with van der Waals surface area (Å²) in [5.41, 5.74) is 1.05. The van der Waals surface area contributed by atoms with E-state index in [2.05, 4.69) is 5.32 Å². The Labute approximate surface area is 112 Å². The summed E-state index contributed by atoms with van der Waals surface area (Å²) >= 11 is 0. The van der Waals surface area contributed by atoms with Crippen molar-refractivity contribution in [1.29, 1.82) is 0 Å². The first-order valence-electron chi connectivity index (χ1n) is 6.42. The maximum atomic E-state index is 11.6.